The first-order chi connectivity index (χ1) is 12.6. The van der Waals surface area contributed by atoms with Crippen molar-refractivity contribution in [1.82, 2.24) is 5.32 Å². The molecule has 0 aliphatic carbocycles. The fraction of sp³-hybridized carbons (Fsp3) is 0.211. The molecular formula is C19H20BNO4S. The molecule has 2 unspecified atom stereocenters. The molecule has 3 rings (SSSR count). The molecule has 0 saturated heterocycles. The van der Waals surface area contributed by atoms with Crippen LogP contribution < -0.4 is 5.32 Å². The van der Waals surface area contributed by atoms with E-state index in [9.17, 15) is 14.8 Å². The molecule has 2 atom stereocenters. The highest BCUT2D eigenvalue weighted by molar-refractivity contribution is 7.99. The van der Waals surface area contributed by atoms with Gasteiger partial charge >= 0.3 is 7.12 Å². The normalized spacial score (nSPS) is 13.3. The van der Waals surface area contributed by atoms with Gasteiger partial charge in [-0.1, -0.05) is 48.5 Å². The van der Waals surface area contributed by atoms with Crippen LogP contribution in [0.2, 0.25) is 0 Å². The van der Waals surface area contributed by atoms with Gasteiger partial charge in [-0.3, -0.25) is 4.79 Å². The average molecular weight is 369 g/mol. The Morgan fingerprint density at radius 1 is 1.15 bits per heavy atom. The topological polar surface area (TPSA) is 82.7 Å². The number of rotatable bonds is 7. The molecule has 3 aromatic rings. The Labute approximate surface area is 156 Å². The lowest BCUT2D eigenvalue weighted by atomic mass is 9.75. The number of benzene rings is 2. The lowest BCUT2D eigenvalue weighted by Crippen LogP contribution is -2.49. The van der Waals surface area contributed by atoms with E-state index in [1.807, 2.05) is 60.9 Å². The zero-order chi connectivity index (χ0) is 18.5. The summed E-state index contributed by atoms with van der Waals surface area (Å²) < 4.78 is 5.49. The van der Waals surface area contributed by atoms with Crippen LogP contribution in [0.3, 0.4) is 0 Å². The smallest absolute Gasteiger partial charge is 0.464 e. The largest absolute Gasteiger partial charge is 0.475 e. The summed E-state index contributed by atoms with van der Waals surface area (Å²) in [6.07, 6.45) is 3.71. The maximum atomic E-state index is 12.7. The first-order valence-corrected chi connectivity index (χ1v) is 9.58. The fourth-order valence-corrected chi connectivity index (χ4v) is 3.65. The van der Waals surface area contributed by atoms with Crippen LogP contribution in [0.4, 0.5) is 0 Å². The molecule has 2 aromatic carbocycles. The van der Waals surface area contributed by atoms with Gasteiger partial charge < -0.3 is 19.8 Å². The Kier molecular flexibility index (Phi) is 6.03. The van der Waals surface area contributed by atoms with Crippen LogP contribution in [0.25, 0.3) is 11.0 Å². The Hall–Kier alpha value is -2.22. The molecule has 3 N–H and O–H groups in total. The van der Waals surface area contributed by atoms with E-state index in [0.717, 1.165) is 22.1 Å². The molecule has 5 nitrogen and oxygen atoms in total. The molecule has 0 radical (unpaired) electrons. The quantitative estimate of drug-likeness (QED) is 0.558. The van der Waals surface area contributed by atoms with E-state index in [1.165, 1.54) is 11.8 Å². The maximum absolute atomic E-state index is 12.7. The number of furan rings is 1. The van der Waals surface area contributed by atoms with Gasteiger partial charge in [0.1, 0.15) is 10.8 Å². The van der Waals surface area contributed by atoms with Crippen molar-refractivity contribution in [3.8, 4) is 0 Å². The van der Waals surface area contributed by atoms with Crippen LogP contribution >= 0.6 is 11.8 Å². The SMILES string of the molecule is CSC(C(=O)NC(Cc1coc2ccccc12)B(O)O)c1ccccc1. The minimum Gasteiger partial charge on any atom is -0.464 e. The molecule has 1 heterocycles. The summed E-state index contributed by atoms with van der Waals surface area (Å²) >= 11 is 1.40. The van der Waals surface area contributed by atoms with Gasteiger partial charge in [-0.15, -0.1) is 11.8 Å². The number of hydrogen-bond donors (Lipinski definition) is 3. The van der Waals surface area contributed by atoms with Crippen molar-refractivity contribution in [3.63, 3.8) is 0 Å². The molecule has 0 spiro atoms. The highest BCUT2D eigenvalue weighted by Gasteiger charge is 2.30. The fourth-order valence-electron chi connectivity index (χ4n) is 2.94. The summed E-state index contributed by atoms with van der Waals surface area (Å²) in [6, 6.07) is 16.9. The lowest BCUT2D eigenvalue weighted by molar-refractivity contribution is -0.121. The summed E-state index contributed by atoms with van der Waals surface area (Å²) in [7, 11) is -1.68. The third-order valence-corrected chi connectivity index (χ3v) is 5.22. The minimum absolute atomic E-state index is 0.255. The van der Waals surface area contributed by atoms with Crippen molar-refractivity contribution in [2.75, 3.05) is 6.26 Å². The third-order valence-electron chi connectivity index (χ3n) is 4.26. The number of carbonyl (C=O) groups is 1. The van der Waals surface area contributed by atoms with Gasteiger partial charge in [0.25, 0.3) is 0 Å². The lowest BCUT2D eigenvalue weighted by Gasteiger charge is -2.21. The van der Waals surface area contributed by atoms with Gasteiger partial charge in [0.15, 0.2) is 0 Å². The van der Waals surface area contributed by atoms with E-state index in [1.54, 1.807) is 6.26 Å². The molecular weight excluding hydrogens is 349 g/mol. The van der Waals surface area contributed by atoms with Crippen molar-refractivity contribution in [2.45, 2.75) is 17.6 Å². The van der Waals surface area contributed by atoms with E-state index < -0.39 is 18.3 Å². The summed E-state index contributed by atoms with van der Waals surface area (Å²) in [5, 5.41) is 22.8. The minimum atomic E-state index is -1.68. The summed E-state index contributed by atoms with van der Waals surface area (Å²) in [5.41, 5.74) is 2.42. The van der Waals surface area contributed by atoms with E-state index in [-0.39, 0.29) is 12.3 Å². The highest BCUT2D eigenvalue weighted by atomic mass is 32.2. The number of carbonyl (C=O) groups excluding carboxylic acids is 1. The van der Waals surface area contributed by atoms with Gasteiger partial charge in [-0.2, -0.15) is 0 Å². The van der Waals surface area contributed by atoms with E-state index in [0.29, 0.717) is 0 Å². The number of fused-ring (bicyclic) bond motifs is 1. The van der Waals surface area contributed by atoms with Crippen molar-refractivity contribution < 1.29 is 19.3 Å². The number of nitrogens with one attached hydrogen (secondary N) is 1. The Morgan fingerprint density at radius 2 is 1.85 bits per heavy atom. The summed E-state index contributed by atoms with van der Waals surface area (Å²) in [5.74, 6) is -1.09. The van der Waals surface area contributed by atoms with Crippen LogP contribution in [-0.2, 0) is 11.2 Å². The predicted molar refractivity (Wildman–Crippen MR) is 105 cm³/mol. The molecule has 0 bridgehead atoms. The number of thioether (sulfide) groups is 1. The maximum Gasteiger partial charge on any atom is 0.475 e. The van der Waals surface area contributed by atoms with Gasteiger partial charge in [-0.25, -0.2) is 0 Å². The Bertz CT molecular complexity index is 868. The standard InChI is InChI=1S/C19H20BNO4S/c1-26-18(13-7-3-2-4-8-13)19(22)21-17(20(23)24)11-14-12-25-16-10-6-5-9-15(14)16/h2-10,12,17-18,23-24H,11H2,1H3,(H,21,22). The van der Waals surface area contributed by atoms with Crippen molar-refractivity contribution in [3.05, 3.63) is 72.0 Å². The Morgan fingerprint density at radius 3 is 2.54 bits per heavy atom. The Balaban J connectivity index is 1.77. The first-order valence-electron chi connectivity index (χ1n) is 8.29. The van der Waals surface area contributed by atoms with E-state index >= 15 is 0 Å². The molecule has 134 valence electrons. The van der Waals surface area contributed by atoms with Gasteiger partial charge in [0.05, 0.1) is 12.2 Å². The van der Waals surface area contributed by atoms with Crippen LogP contribution in [0, 0.1) is 0 Å². The van der Waals surface area contributed by atoms with Gasteiger partial charge in [0, 0.05) is 5.39 Å². The van der Waals surface area contributed by atoms with Gasteiger partial charge in [-0.05, 0) is 29.9 Å². The highest BCUT2D eigenvalue weighted by Crippen LogP contribution is 2.27. The molecule has 0 saturated carbocycles. The first kappa shape index (κ1) is 18.6. The second kappa shape index (κ2) is 8.44. The summed E-state index contributed by atoms with van der Waals surface area (Å²) in [6.45, 7) is 0. The number of hydrogen-bond acceptors (Lipinski definition) is 5. The summed E-state index contributed by atoms with van der Waals surface area (Å²) in [4.78, 5) is 12.7. The predicted octanol–water partition coefficient (Wildman–Crippen LogP) is 2.58. The molecule has 0 fully saturated rings. The van der Waals surface area contributed by atoms with Crippen molar-refractivity contribution in [1.29, 1.82) is 0 Å². The molecule has 0 aliphatic rings. The average Bonchev–Trinajstić information content (AvgIpc) is 3.06. The van der Waals surface area contributed by atoms with Crippen molar-refractivity contribution in [2.24, 2.45) is 0 Å². The van der Waals surface area contributed by atoms with Crippen LogP contribution in [0.5, 0.6) is 0 Å². The molecule has 0 aliphatic heterocycles. The molecule has 7 heteroatoms. The van der Waals surface area contributed by atoms with Crippen LogP contribution in [0.15, 0.2) is 65.3 Å². The molecule has 1 amide bonds. The van der Waals surface area contributed by atoms with Crippen LogP contribution in [0.1, 0.15) is 16.4 Å². The molecule has 26 heavy (non-hydrogen) atoms. The zero-order valence-electron chi connectivity index (χ0n) is 14.3. The zero-order valence-corrected chi connectivity index (χ0v) is 15.1. The van der Waals surface area contributed by atoms with Crippen LogP contribution in [-0.4, -0.2) is 35.3 Å². The van der Waals surface area contributed by atoms with E-state index in [2.05, 4.69) is 5.32 Å². The second-order valence-corrected chi connectivity index (χ2v) is 6.96. The van der Waals surface area contributed by atoms with Crippen molar-refractivity contribution >= 4 is 35.8 Å². The van der Waals surface area contributed by atoms with E-state index in [4.69, 9.17) is 4.42 Å². The number of amides is 1. The number of para-hydroxylation sites is 1. The molecule has 1 aromatic heterocycles. The van der Waals surface area contributed by atoms with Gasteiger partial charge in [0.2, 0.25) is 5.91 Å². The monoisotopic (exact) mass is 369 g/mol. The second-order valence-electron chi connectivity index (χ2n) is 6.02. The third kappa shape index (κ3) is 4.12.